The van der Waals surface area contributed by atoms with Crippen molar-refractivity contribution >= 4 is 6.29 Å². The van der Waals surface area contributed by atoms with Gasteiger partial charge in [0.15, 0.2) is 0 Å². The van der Waals surface area contributed by atoms with Crippen molar-refractivity contribution in [3.8, 4) is 0 Å². The summed E-state index contributed by atoms with van der Waals surface area (Å²) in [6.07, 6.45) is 6.86. The molecule has 0 unspecified atom stereocenters. The van der Waals surface area contributed by atoms with Crippen LogP contribution in [-0.2, 0) is 16.0 Å². The molecule has 0 saturated carbocycles. The largest absolute Gasteiger partial charge is 0.472 e. The van der Waals surface area contributed by atoms with Crippen molar-refractivity contribution in [3.05, 3.63) is 24.2 Å². The summed E-state index contributed by atoms with van der Waals surface area (Å²) in [6, 6.07) is 1.92. The van der Waals surface area contributed by atoms with Crippen molar-refractivity contribution in [1.29, 1.82) is 0 Å². The van der Waals surface area contributed by atoms with E-state index in [1.54, 1.807) is 12.5 Å². The van der Waals surface area contributed by atoms with Crippen molar-refractivity contribution in [1.82, 2.24) is 0 Å². The molecule has 0 radical (unpaired) electrons. The number of ether oxygens (including phenoxy) is 1. The first-order chi connectivity index (χ1) is 6.85. The van der Waals surface area contributed by atoms with E-state index in [0.717, 1.165) is 31.1 Å². The second kappa shape index (κ2) is 3.96. The highest BCUT2D eigenvalue weighted by Gasteiger charge is 2.32. The molecule has 14 heavy (non-hydrogen) atoms. The summed E-state index contributed by atoms with van der Waals surface area (Å²) in [5.74, 6) is 0. The van der Waals surface area contributed by atoms with Gasteiger partial charge in [0.25, 0.3) is 0 Å². The molecule has 1 aliphatic heterocycles. The van der Waals surface area contributed by atoms with Crippen molar-refractivity contribution in [2.45, 2.75) is 19.3 Å². The maximum Gasteiger partial charge on any atom is 0.126 e. The van der Waals surface area contributed by atoms with Gasteiger partial charge >= 0.3 is 0 Å². The van der Waals surface area contributed by atoms with Crippen LogP contribution >= 0.6 is 0 Å². The van der Waals surface area contributed by atoms with Crippen LogP contribution in [0.25, 0.3) is 0 Å². The Morgan fingerprint density at radius 2 is 2.21 bits per heavy atom. The Bertz CT molecular complexity index is 283. The van der Waals surface area contributed by atoms with E-state index < -0.39 is 0 Å². The Morgan fingerprint density at radius 1 is 1.43 bits per heavy atom. The van der Waals surface area contributed by atoms with Crippen molar-refractivity contribution in [3.63, 3.8) is 0 Å². The lowest BCUT2D eigenvalue weighted by Crippen LogP contribution is -2.33. The zero-order valence-electron chi connectivity index (χ0n) is 8.07. The van der Waals surface area contributed by atoms with Gasteiger partial charge in [-0.15, -0.1) is 0 Å². The summed E-state index contributed by atoms with van der Waals surface area (Å²) in [5.41, 5.74) is 0.876. The predicted molar refractivity (Wildman–Crippen MR) is 51.0 cm³/mol. The van der Waals surface area contributed by atoms with Crippen LogP contribution in [0.15, 0.2) is 23.0 Å². The number of furan rings is 1. The van der Waals surface area contributed by atoms with Gasteiger partial charge in [0.2, 0.25) is 0 Å². The van der Waals surface area contributed by atoms with E-state index in [4.69, 9.17) is 9.15 Å². The van der Waals surface area contributed by atoms with E-state index in [2.05, 4.69) is 0 Å². The molecule has 1 aliphatic rings. The SMILES string of the molecule is O=CC1(Cc2ccoc2)CCOCC1. The summed E-state index contributed by atoms with van der Waals surface area (Å²) < 4.78 is 10.3. The van der Waals surface area contributed by atoms with E-state index >= 15 is 0 Å². The fourth-order valence-electron chi connectivity index (χ4n) is 1.91. The molecule has 1 fully saturated rings. The summed E-state index contributed by atoms with van der Waals surface area (Å²) in [4.78, 5) is 11.1. The maximum atomic E-state index is 11.1. The number of carbonyl (C=O) groups is 1. The van der Waals surface area contributed by atoms with Crippen LogP contribution in [0.4, 0.5) is 0 Å². The topological polar surface area (TPSA) is 39.4 Å². The van der Waals surface area contributed by atoms with Crippen molar-refractivity contribution in [2.75, 3.05) is 13.2 Å². The van der Waals surface area contributed by atoms with Crippen LogP contribution < -0.4 is 0 Å². The minimum absolute atomic E-state index is 0.220. The van der Waals surface area contributed by atoms with Crippen LogP contribution in [-0.4, -0.2) is 19.5 Å². The van der Waals surface area contributed by atoms with E-state index in [1.165, 1.54) is 0 Å². The number of aldehydes is 1. The molecule has 0 atom stereocenters. The molecule has 0 spiro atoms. The molecule has 1 aromatic heterocycles. The fourth-order valence-corrected chi connectivity index (χ4v) is 1.91. The second-order valence-corrected chi connectivity index (χ2v) is 3.90. The average molecular weight is 194 g/mol. The molecule has 2 heterocycles. The van der Waals surface area contributed by atoms with Crippen LogP contribution in [0.2, 0.25) is 0 Å². The molecule has 0 N–H and O–H groups in total. The van der Waals surface area contributed by atoms with Gasteiger partial charge in [-0.3, -0.25) is 0 Å². The molecule has 3 nitrogen and oxygen atoms in total. The van der Waals surface area contributed by atoms with Gasteiger partial charge < -0.3 is 13.9 Å². The molecule has 0 aliphatic carbocycles. The average Bonchev–Trinajstić information content (AvgIpc) is 2.72. The van der Waals surface area contributed by atoms with Gasteiger partial charge in [-0.1, -0.05) is 0 Å². The minimum atomic E-state index is -0.220. The Kier molecular flexibility index (Phi) is 2.68. The third-order valence-electron chi connectivity index (χ3n) is 2.87. The van der Waals surface area contributed by atoms with Gasteiger partial charge in [0.1, 0.15) is 6.29 Å². The third kappa shape index (κ3) is 1.87. The monoisotopic (exact) mass is 194 g/mol. The van der Waals surface area contributed by atoms with Crippen LogP contribution in [0.1, 0.15) is 18.4 Å². The van der Waals surface area contributed by atoms with Gasteiger partial charge in [-0.05, 0) is 30.9 Å². The van der Waals surface area contributed by atoms with E-state index in [-0.39, 0.29) is 5.41 Å². The Morgan fingerprint density at radius 3 is 2.79 bits per heavy atom. The summed E-state index contributed by atoms with van der Waals surface area (Å²) in [6.45, 7) is 1.38. The highest BCUT2D eigenvalue weighted by Crippen LogP contribution is 2.32. The van der Waals surface area contributed by atoms with E-state index in [9.17, 15) is 4.79 Å². The minimum Gasteiger partial charge on any atom is -0.472 e. The van der Waals surface area contributed by atoms with Crippen LogP contribution in [0.3, 0.4) is 0 Å². The highest BCUT2D eigenvalue weighted by atomic mass is 16.5. The van der Waals surface area contributed by atoms with Gasteiger partial charge in [0.05, 0.1) is 12.5 Å². The fraction of sp³-hybridized carbons (Fsp3) is 0.545. The number of hydrogen-bond donors (Lipinski definition) is 0. The molecule has 0 bridgehead atoms. The molecule has 76 valence electrons. The van der Waals surface area contributed by atoms with E-state index in [0.29, 0.717) is 13.2 Å². The Balaban J connectivity index is 2.08. The lowest BCUT2D eigenvalue weighted by atomic mass is 9.77. The molecule has 2 rings (SSSR count). The van der Waals surface area contributed by atoms with Crippen molar-refractivity contribution < 1.29 is 13.9 Å². The molecule has 1 saturated heterocycles. The number of rotatable bonds is 3. The van der Waals surface area contributed by atoms with Crippen LogP contribution in [0, 0.1) is 5.41 Å². The van der Waals surface area contributed by atoms with Gasteiger partial charge in [-0.2, -0.15) is 0 Å². The smallest absolute Gasteiger partial charge is 0.126 e. The standard InChI is InChI=1S/C11H14O3/c12-9-11(2-5-13-6-3-11)7-10-1-4-14-8-10/h1,4,8-9H,2-3,5-7H2. The first-order valence-corrected chi connectivity index (χ1v) is 4.90. The lowest BCUT2D eigenvalue weighted by molar-refractivity contribution is -0.121. The Labute approximate surface area is 83.0 Å². The number of carbonyl (C=O) groups excluding carboxylic acids is 1. The maximum absolute atomic E-state index is 11.1. The number of hydrogen-bond acceptors (Lipinski definition) is 3. The molecule has 3 heteroatoms. The second-order valence-electron chi connectivity index (χ2n) is 3.90. The summed E-state index contributed by atoms with van der Waals surface area (Å²) in [5, 5.41) is 0. The molecule has 0 aromatic carbocycles. The summed E-state index contributed by atoms with van der Waals surface area (Å²) in [7, 11) is 0. The van der Waals surface area contributed by atoms with E-state index in [1.807, 2.05) is 6.07 Å². The molecule has 0 amide bonds. The van der Waals surface area contributed by atoms with Crippen molar-refractivity contribution in [2.24, 2.45) is 5.41 Å². The lowest BCUT2D eigenvalue weighted by Gasteiger charge is -2.31. The van der Waals surface area contributed by atoms with Crippen LogP contribution in [0.5, 0.6) is 0 Å². The normalized spacial score (nSPS) is 20.6. The first kappa shape index (κ1) is 9.46. The predicted octanol–water partition coefficient (Wildman–Crippen LogP) is 1.82. The van der Waals surface area contributed by atoms with Gasteiger partial charge in [-0.25, -0.2) is 0 Å². The molecular formula is C11H14O3. The third-order valence-corrected chi connectivity index (χ3v) is 2.87. The molecular weight excluding hydrogens is 180 g/mol. The first-order valence-electron chi connectivity index (χ1n) is 4.90. The summed E-state index contributed by atoms with van der Waals surface area (Å²) >= 11 is 0. The zero-order valence-corrected chi connectivity index (χ0v) is 8.07. The zero-order chi connectivity index (χ0) is 9.86. The quantitative estimate of drug-likeness (QED) is 0.689. The molecule has 1 aromatic rings. The van der Waals surface area contributed by atoms with Gasteiger partial charge in [0, 0.05) is 18.6 Å². The Hall–Kier alpha value is -1.09. The highest BCUT2D eigenvalue weighted by molar-refractivity contribution is 5.60.